The second-order valence-corrected chi connectivity index (χ2v) is 40.6. The molecule has 554 valence electrons. The van der Waals surface area contributed by atoms with Gasteiger partial charge in [-0.2, -0.15) is 30.6 Å². The molecule has 106 heavy (non-hydrogen) atoms. The third-order valence-electron chi connectivity index (χ3n) is 16.6. The minimum absolute atomic E-state index is 0. The number of aryl methyl sites for hydroxylation is 3. The number of hydroxylamine groups is 1. The number of aromatic nitrogens is 18. The Labute approximate surface area is 662 Å². The minimum Gasteiger partial charge on any atom is -0.550 e. The van der Waals surface area contributed by atoms with E-state index in [4.69, 9.17) is 40.6 Å². The van der Waals surface area contributed by atoms with Crippen molar-refractivity contribution in [3.8, 4) is 0 Å². The number of carboxylic acid groups (broad SMARTS) is 1. The average molecular weight is 1560 g/mol. The number of hydrogen-bond acceptors (Lipinski definition) is 26. The second kappa shape index (κ2) is 36.4. The van der Waals surface area contributed by atoms with E-state index in [9.17, 15) is 19.2 Å². The number of fused-ring (bicyclic) bond motifs is 12. The summed E-state index contributed by atoms with van der Waals surface area (Å²) in [5.41, 5.74) is 16.4. The number of aliphatic carboxylic acids is 1. The van der Waals surface area contributed by atoms with E-state index in [-0.39, 0.29) is 75.5 Å². The molecule has 0 radical (unpaired) electrons. The Balaban J connectivity index is 0.000000190. The largest absolute Gasteiger partial charge is 1.00 e. The number of H-pyrrole nitrogens is 1. The first kappa shape index (κ1) is 83.1. The minimum atomic E-state index is -1.14. The number of nitrogens with two attached hydrogens (primary N) is 1. The van der Waals surface area contributed by atoms with Gasteiger partial charge in [-0.15, -0.1) is 34.0 Å². The standard InChI is InChI=1S/C23H27N7O3SSi.C23H26N6O3SSi.C17H15N7OS.C2H4O2.CH5NO.CH4O.CH4.K/c1-28-20-17(21-22(28)27-19(34-21)12-26-32)11-24-29(23(20)31)13-15-6-5-7-18-16(15)10-25-30(18)14-33-8-9-35(2,3)4;1-27-20-17(21-22(27)26-19(13-30)33-21)11-24-28(23(20)31)12-15-6-5-7-18-16(15)10-25-29(18)14-32-8-9-34(2,3)4;1-23-14-11(15-16(23)21-13(5-18)26-15)7-20-24(17(14)25)8-9-3-2-4-12-10(9)6-19-22-12;1-2(3)4;1-2-3;1-2;;/h5-7,10-12,32H,8-9,13-14H2,1-4H3;5-7,10-11,13H,8-9,12,14H2,1-4H3;2-4,6-7H,5,8,18H2,1H3,(H,19,22);1H3,(H,3,4);2-3H,1H3;2H,1H3;1H4;/q;;;;;;;+1/p-1/b26-12+;;;;;;;. The van der Waals surface area contributed by atoms with Crippen LogP contribution in [0.1, 0.15) is 50.9 Å². The van der Waals surface area contributed by atoms with Gasteiger partial charge in [-0.05, 0) is 53.9 Å². The van der Waals surface area contributed by atoms with Gasteiger partial charge in [0.15, 0.2) is 28.2 Å². The van der Waals surface area contributed by atoms with Crippen molar-refractivity contribution in [2.45, 2.75) is 105 Å². The maximum Gasteiger partial charge on any atom is 1.00 e. The Morgan fingerprint density at radius 1 is 0.604 bits per heavy atom. The van der Waals surface area contributed by atoms with Crippen LogP contribution in [-0.4, -0.2) is 165 Å². The van der Waals surface area contributed by atoms with Crippen LogP contribution in [0, 0.1) is 0 Å². The SMILES string of the molecule is C.CC(=O)[O-].CNO.CO.Cn1c2nc(/C=N/O)sc2c2cnn(Cc3cccc4c3cnn4COCC[Si](C)(C)C)c(=O)c21.Cn1c2nc(C=O)sc2c2cnn(Cc3cccc4c3cnn4COCC[Si](C)(C)C)c(=O)c21.Cn1c2nc(CN)sc2c2cnn(Cc3cccc4[nH]ncc34)c(=O)c21.[K+]. The Hall–Kier alpha value is -8.56. The van der Waals surface area contributed by atoms with E-state index in [0.29, 0.717) is 82.9 Å². The smallest absolute Gasteiger partial charge is 0.550 e. The molecule has 0 aliphatic heterocycles. The number of aromatic amines is 1. The fourth-order valence-corrected chi connectivity index (χ4v) is 15.9. The molecule has 0 aliphatic rings. The van der Waals surface area contributed by atoms with Gasteiger partial charge in [0.05, 0.1) is 87.5 Å². The molecule has 15 aromatic rings. The molecule has 0 saturated heterocycles. The molecule has 12 heterocycles. The van der Waals surface area contributed by atoms with Gasteiger partial charge < -0.3 is 54.3 Å². The number of nitrogens with one attached hydrogen (secondary N) is 2. The van der Waals surface area contributed by atoms with Crippen LogP contribution >= 0.6 is 34.0 Å². The molecule has 0 saturated carbocycles. The topological polar surface area (TPSA) is 409 Å². The zero-order valence-corrected chi connectivity index (χ0v) is 67.9. The Morgan fingerprint density at radius 3 is 1.38 bits per heavy atom. The molecule has 0 fully saturated rings. The average Bonchev–Trinajstić information content (AvgIpc) is 1.60. The molecular weight excluding hydrogens is 1480 g/mol. The fraction of sp³-hybridized carbons (Fsp3) is 0.338. The van der Waals surface area contributed by atoms with Crippen molar-refractivity contribution in [2.75, 3.05) is 27.4 Å². The summed E-state index contributed by atoms with van der Waals surface area (Å²) in [4.78, 5) is 73.1. The van der Waals surface area contributed by atoms with Gasteiger partial charge in [-0.1, -0.05) is 88.3 Å². The molecule has 32 nitrogen and oxygen atoms in total. The van der Waals surface area contributed by atoms with Gasteiger partial charge in [-0.25, -0.2) is 43.8 Å². The number of aldehydes is 1. The number of aliphatic hydroxyl groups is 1. The van der Waals surface area contributed by atoms with E-state index in [0.717, 1.165) is 131 Å². The number of rotatable bonds is 19. The van der Waals surface area contributed by atoms with Crippen molar-refractivity contribution in [3.05, 3.63) is 155 Å². The molecule has 12 aromatic heterocycles. The van der Waals surface area contributed by atoms with Crippen LogP contribution in [-0.2, 0) is 75.1 Å². The third-order valence-corrected chi connectivity index (χ3v) is 23.1. The summed E-state index contributed by atoms with van der Waals surface area (Å²) in [6, 6.07) is 20.0. The quantitative estimate of drug-likeness (QED) is 0.0154. The van der Waals surface area contributed by atoms with E-state index in [2.05, 4.69) is 95.1 Å². The Morgan fingerprint density at radius 2 is 0.972 bits per heavy atom. The molecule has 0 amide bonds. The van der Waals surface area contributed by atoms with Crippen molar-refractivity contribution in [1.82, 2.24) is 93.2 Å². The summed E-state index contributed by atoms with van der Waals surface area (Å²) in [6.45, 7) is 18.6. The zero-order valence-electron chi connectivity index (χ0n) is 60.3. The predicted octanol–water partition coefficient (Wildman–Crippen LogP) is 5.06. The number of oxime groups is 1. The fourth-order valence-electron chi connectivity index (χ4n) is 11.5. The summed E-state index contributed by atoms with van der Waals surface area (Å²) in [5.74, 6) is -1.08. The first-order valence-corrected chi connectivity index (χ1v) is 42.4. The summed E-state index contributed by atoms with van der Waals surface area (Å²) < 4.78 is 27.8. The maximum absolute atomic E-state index is 13.4. The Bertz CT molecular complexity index is 5800. The number of carbonyl (C=O) groups excluding carboxylic acids is 2. The number of benzene rings is 3. The first-order chi connectivity index (χ1) is 49.8. The molecule has 38 heteroatoms. The van der Waals surface area contributed by atoms with Crippen LogP contribution < -0.4 is 84.4 Å². The monoisotopic (exact) mass is 1560 g/mol. The molecule has 0 atom stereocenters. The van der Waals surface area contributed by atoms with Gasteiger partial charge in [0.1, 0.15) is 46.2 Å². The van der Waals surface area contributed by atoms with E-state index in [1.54, 1.807) is 46.4 Å². The predicted molar refractivity (Wildman–Crippen MR) is 415 cm³/mol. The Kier molecular flexibility index (Phi) is 28.5. The number of hydrogen-bond donors (Lipinski definition) is 6. The molecule has 0 bridgehead atoms. The number of nitrogens with zero attached hydrogens (tertiary/aromatic N) is 18. The maximum atomic E-state index is 13.4. The van der Waals surface area contributed by atoms with E-state index in [1.807, 2.05) is 95.0 Å². The number of carbonyl (C=O) groups is 2. The summed E-state index contributed by atoms with van der Waals surface area (Å²) in [5, 5.41) is 71.4. The van der Waals surface area contributed by atoms with Crippen LogP contribution in [0.25, 0.3) is 96.5 Å². The zero-order chi connectivity index (χ0) is 74.9. The summed E-state index contributed by atoms with van der Waals surface area (Å²) >= 11 is 4.14. The molecular formula is C68H84KN21O11S3Si2. The second-order valence-electron chi connectivity index (χ2n) is 26.2. The third kappa shape index (κ3) is 18.3. The number of carboxylic acids is 1. The van der Waals surface area contributed by atoms with Gasteiger partial charge >= 0.3 is 51.4 Å². The number of aliphatic hydroxyl groups excluding tert-OH is 1. The van der Waals surface area contributed by atoms with Crippen molar-refractivity contribution in [2.24, 2.45) is 32.0 Å². The molecule has 0 spiro atoms. The molecule has 7 N–H and O–H groups in total. The van der Waals surface area contributed by atoms with E-state index in [1.165, 1.54) is 61.3 Å². The van der Waals surface area contributed by atoms with Crippen LogP contribution in [0.3, 0.4) is 0 Å². The summed E-state index contributed by atoms with van der Waals surface area (Å²) in [7, 11) is 5.60. The van der Waals surface area contributed by atoms with Crippen molar-refractivity contribution < 1.29 is 91.1 Å². The normalized spacial score (nSPS) is 11.5. The number of ether oxygens (including phenoxy) is 2. The van der Waals surface area contributed by atoms with Gasteiger partial charge in [0, 0.05) is 109 Å². The molecule has 3 aromatic carbocycles. The molecule has 0 unspecified atom stereocenters. The van der Waals surface area contributed by atoms with Crippen molar-refractivity contribution in [1.29, 1.82) is 0 Å². The van der Waals surface area contributed by atoms with Gasteiger partial charge in [0.25, 0.3) is 16.7 Å². The van der Waals surface area contributed by atoms with Crippen molar-refractivity contribution >= 4 is 165 Å². The molecule has 15 rings (SSSR count). The van der Waals surface area contributed by atoms with Crippen LogP contribution in [0.5, 0.6) is 0 Å². The first-order valence-electron chi connectivity index (χ1n) is 32.6. The van der Waals surface area contributed by atoms with Crippen LogP contribution in [0.2, 0.25) is 51.4 Å². The van der Waals surface area contributed by atoms with E-state index >= 15 is 0 Å². The van der Waals surface area contributed by atoms with Gasteiger partial charge in [0.2, 0.25) is 0 Å². The van der Waals surface area contributed by atoms with Crippen molar-refractivity contribution in [3.63, 3.8) is 0 Å². The summed E-state index contributed by atoms with van der Waals surface area (Å²) in [6.07, 6.45) is 12.5. The number of thiazole rings is 3. The van der Waals surface area contributed by atoms with Crippen LogP contribution in [0.4, 0.5) is 0 Å². The van der Waals surface area contributed by atoms with Gasteiger partial charge in [-0.3, -0.25) is 24.3 Å². The van der Waals surface area contributed by atoms with Crippen LogP contribution in [0.15, 0.2) is 111 Å². The van der Waals surface area contributed by atoms with E-state index < -0.39 is 22.1 Å². The molecule has 0 aliphatic carbocycles.